The number of hydrogen-bond donors (Lipinski definition) is 2. The van der Waals surface area contributed by atoms with Crippen molar-refractivity contribution in [2.75, 3.05) is 6.54 Å². The summed E-state index contributed by atoms with van der Waals surface area (Å²) < 4.78 is 0. The fourth-order valence-electron chi connectivity index (χ4n) is 3.59. The summed E-state index contributed by atoms with van der Waals surface area (Å²) in [5, 5.41) is 18.5. The minimum Gasteiger partial charge on any atom is -0.352 e. The van der Waals surface area contributed by atoms with Gasteiger partial charge in [0, 0.05) is 18.7 Å². The molecule has 4 nitrogen and oxygen atoms in total. The van der Waals surface area contributed by atoms with Crippen LogP contribution in [-0.2, 0) is 13.1 Å². The van der Waals surface area contributed by atoms with Crippen molar-refractivity contribution >= 4 is 17.2 Å². The Bertz CT molecular complexity index is 703. The van der Waals surface area contributed by atoms with Crippen LogP contribution in [0.25, 0.3) is 0 Å². The van der Waals surface area contributed by atoms with Gasteiger partial charge in [-0.05, 0) is 46.5 Å². The molecule has 30 heavy (non-hydrogen) atoms. The van der Waals surface area contributed by atoms with Crippen molar-refractivity contribution in [3.8, 4) is 0 Å². The lowest BCUT2D eigenvalue weighted by Gasteiger charge is -2.14. The molecule has 5 heteroatoms. The number of nitrogens with zero attached hydrogens (tertiary/aromatic N) is 1. The number of rotatable bonds is 16. The van der Waals surface area contributed by atoms with E-state index in [0.717, 1.165) is 24.1 Å². The third-order valence-corrected chi connectivity index (χ3v) is 6.05. The maximum Gasteiger partial charge on any atom is 0.251 e. The summed E-state index contributed by atoms with van der Waals surface area (Å²) in [6.45, 7) is 3.86. The first-order valence-corrected chi connectivity index (χ1v) is 12.5. The van der Waals surface area contributed by atoms with Crippen LogP contribution in [0.3, 0.4) is 0 Å². The molecule has 0 saturated carbocycles. The molecule has 0 saturated heterocycles. The lowest BCUT2D eigenvalue weighted by atomic mass is 10.1. The number of carbonyl (C=O) groups is 1. The summed E-state index contributed by atoms with van der Waals surface area (Å²) in [4.78, 5) is 12.4. The van der Waals surface area contributed by atoms with Crippen molar-refractivity contribution in [1.82, 2.24) is 10.4 Å². The molecule has 166 valence electrons. The van der Waals surface area contributed by atoms with Gasteiger partial charge in [0.2, 0.25) is 0 Å². The van der Waals surface area contributed by atoms with Gasteiger partial charge in [-0.1, -0.05) is 76.8 Å². The Labute approximate surface area is 186 Å². The first kappa shape index (κ1) is 24.6. The van der Waals surface area contributed by atoms with Crippen molar-refractivity contribution in [3.05, 3.63) is 57.8 Å². The van der Waals surface area contributed by atoms with Crippen molar-refractivity contribution in [1.29, 1.82) is 0 Å². The van der Waals surface area contributed by atoms with Gasteiger partial charge < -0.3 is 10.5 Å². The third kappa shape index (κ3) is 10.4. The van der Waals surface area contributed by atoms with Crippen LogP contribution in [0.2, 0.25) is 0 Å². The van der Waals surface area contributed by atoms with Crippen molar-refractivity contribution in [2.24, 2.45) is 0 Å². The molecule has 0 bridgehead atoms. The predicted molar refractivity (Wildman–Crippen MR) is 126 cm³/mol. The van der Waals surface area contributed by atoms with Gasteiger partial charge in [-0.15, -0.1) is 0 Å². The minimum atomic E-state index is -0.0323. The van der Waals surface area contributed by atoms with E-state index in [-0.39, 0.29) is 5.91 Å². The second kappa shape index (κ2) is 15.2. The first-order chi connectivity index (χ1) is 14.7. The van der Waals surface area contributed by atoms with Crippen molar-refractivity contribution < 1.29 is 10.0 Å². The quantitative estimate of drug-likeness (QED) is 0.228. The standard InChI is InChI=1S/C25H38N2O2S/c1-2-3-4-5-6-7-8-9-10-11-16-26-25(28)24-14-12-13-22(18-24)19-27(29)20-23-15-17-30-21-23/h12-15,17-18,21,29H,2-11,16,19-20H2,1H3,(H,26,28). The summed E-state index contributed by atoms with van der Waals surface area (Å²) in [6.07, 6.45) is 12.9. The third-order valence-electron chi connectivity index (χ3n) is 5.32. The average molecular weight is 431 g/mol. The van der Waals surface area contributed by atoms with Crippen LogP contribution in [0, 0.1) is 0 Å². The molecule has 1 heterocycles. The Hall–Kier alpha value is -1.69. The second-order valence-corrected chi connectivity index (χ2v) is 8.87. The van der Waals surface area contributed by atoms with E-state index in [1.54, 1.807) is 11.3 Å². The van der Waals surface area contributed by atoms with Crippen LogP contribution in [0.5, 0.6) is 0 Å². The van der Waals surface area contributed by atoms with E-state index in [1.807, 2.05) is 41.1 Å². The van der Waals surface area contributed by atoms with E-state index in [2.05, 4.69) is 12.2 Å². The number of benzene rings is 1. The van der Waals surface area contributed by atoms with Crippen LogP contribution in [0.15, 0.2) is 41.1 Å². The zero-order valence-electron chi connectivity index (χ0n) is 18.4. The van der Waals surface area contributed by atoms with Gasteiger partial charge in [0.15, 0.2) is 0 Å². The highest BCUT2D eigenvalue weighted by Crippen LogP contribution is 2.13. The Kier molecular flexibility index (Phi) is 12.4. The predicted octanol–water partition coefficient (Wildman–Crippen LogP) is 6.79. The molecule has 0 fully saturated rings. The van der Waals surface area contributed by atoms with Crippen LogP contribution in [0.4, 0.5) is 0 Å². The fourth-order valence-corrected chi connectivity index (χ4v) is 4.25. The summed E-state index contributed by atoms with van der Waals surface area (Å²) in [5.74, 6) is -0.0323. The molecule has 0 unspecified atom stereocenters. The van der Waals surface area contributed by atoms with Crippen LogP contribution >= 0.6 is 11.3 Å². The summed E-state index contributed by atoms with van der Waals surface area (Å²) >= 11 is 1.62. The monoisotopic (exact) mass is 430 g/mol. The highest BCUT2D eigenvalue weighted by Gasteiger charge is 2.08. The van der Waals surface area contributed by atoms with Crippen molar-refractivity contribution in [3.63, 3.8) is 0 Å². The number of nitrogens with one attached hydrogen (secondary N) is 1. The molecule has 0 spiro atoms. The zero-order chi connectivity index (χ0) is 21.4. The molecule has 0 aliphatic carbocycles. The van der Waals surface area contributed by atoms with Crippen LogP contribution in [-0.4, -0.2) is 22.7 Å². The largest absolute Gasteiger partial charge is 0.352 e. The average Bonchev–Trinajstić information content (AvgIpc) is 3.25. The first-order valence-electron chi connectivity index (χ1n) is 11.5. The smallest absolute Gasteiger partial charge is 0.251 e. The summed E-state index contributed by atoms with van der Waals surface area (Å²) in [5.41, 5.74) is 2.68. The highest BCUT2D eigenvalue weighted by atomic mass is 32.1. The lowest BCUT2D eigenvalue weighted by Crippen LogP contribution is -2.24. The molecule has 0 aliphatic rings. The molecular formula is C25H38N2O2S. The van der Waals surface area contributed by atoms with Crippen LogP contribution < -0.4 is 5.32 Å². The number of hydroxylamine groups is 2. The number of unbranched alkanes of at least 4 members (excludes halogenated alkanes) is 9. The normalized spacial score (nSPS) is 11.2. The maximum atomic E-state index is 12.4. The van der Waals surface area contributed by atoms with Gasteiger partial charge in [0.1, 0.15) is 0 Å². The lowest BCUT2D eigenvalue weighted by molar-refractivity contribution is -0.108. The van der Waals surface area contributed by atoms with E-state index in [0.29, 0.717) is 18.7 Å². The second-order valence-electron chi connectivity index (χ2n) is 8.09. The van der Waals surface area contributed by atoms with Crippen LogP contribution in [0.1, 0.15) is 92.6 Å². The summed E-state index contributed by atoms with van der Waals surface area (Å²) in [6, 6.07) is 9.52. The molecular weight excluding hydrogens is 392 g/mol. The molecule has 0 atom stereocenters. The topological polar surface area (TPSA) is 52.6 Å². The molecule has 0 radical (unpaired) electrons. The summed E-state index contributed by atoms with van der Waals surface area (Å²) in [7, 11) is 0. The van der Waals surface area contributed by atoms with Gasteiger partial charge in [-0.25, -0.2) is 0 Å². The van der Waals surface area contributed by atoms with E-state index >= 15 is 0 Å². The molecule has 2 rings (SSSR count). The van der Waals surface area contributed by atoms with Gasteiger partial charge in [-0.2, -0.15) is 16.4 Å². The number of hydrogen-bond acceptors (Lipinski definition) is 4. The molecule has 1 amide bonds. The highest BCUT2D eigenvalue weighted by molar-refractivity contribution is 7.07. The Morgan fingerprint density at radius 3 is 2.27 bits per heavy atom. The molecule has 0 aliphatic heterocycles. The number of carbonyl (C=O) groups excluding carboxylic acids is 1. The minimum absolute atomic E-state index is 0.0323. The molecule has 2 aromatic rings. The van der Waals surface area contributed by atoms with Gasteiger partial charge in [0.25, 0.3) is 5.91 Å². The van der Waals surface area contributed by atoms with E-state index in [4.69, 9.17) is 0 Å². The van der Waals surface area contributed by atoms with E-state index in [1.165, 1.54) is 62.9 Å². The number of amides is 1. The molecule has 1 aromatic carbocycles. The van der Waals surface area contributed by atoms with E-state index in [9.17, 15) is 10.0 Å². The van der Waals surface area contributed by atoms with Gasteiger partial charge in [-0.3, -0.25) is 4.79 Å². The molecule has 1 aromatic heterocycles. The van der Waals surface area contributed by atoms with Gasteiger partial charge >= 0.3 is 0 Å². The van der Waals surface area contributed by atoms with Gasteiger partial charge in [0.05, 0.1) is 6.54 Å². The SMILES string of the molecule is CCCCCCCCCCCCNC(=O)c1cccc(CN(O)Cc2ccsc2)c1. The Morgan fingerprint density at radius 2 is 1.60 bits per heavy atom. The maximum absolute atomic E-state index is 12.4. The fraction of sp³-hybridized carbons (Fsp3) is 0.560. The molecule has 2 N–H and O–H groups in total. The zero-order valence-corrected chi connectivity index (χ0v) is 19.3. The van der Waals surface area contributed by atoms with Crippen molar-refractivity contribution in [2.45, 2.75) is 84.2 Å². The Balaban J connectivity index is 1.58. The number of thiophene rings is 1. The van der Waals surface area contributed by atoms with E-state index < -0.39 is 0 Å². The Morgan fingerprint density at radius 1 is 0.933 bits per heavy atom.